The number of carbonyl (C=O) groups is 1. The molecule has 0 bridgehead atoms. The Morgan fingerprint density at radius 3 is 2.42 bits per heavy atom. The summed E-state index contributed by atoms with van der Waals surface area (Å²) < 4.78 is 41.6. The number of piperidine rings is 1. The minimum atomic E-state index is -3.82. The van der Waals surface area contributed by atoms with E-state index in [1.54, 1.807) is 24.3 Å². The topological polar surface area (TPSA) is 79.4 Å². The predicted molar refractivity (Wildman–Crippen MR) is 153 cm³/mol. The van der Waals surface area contributed by atoms with E-state index in [4.69, 9.17) is 21.1 Å². The maximum atomic E-state index is 13.9. The van der Waals surface area contributed by atoms with Gasteiger partial charge in [-0.05, 0) is 53.4 Å². The molecule has 0 amide bonds. The molecule has 0 aromatic heterocycles. The fourth-order valence-electron chi connectivity index (χ4n) is 6.30. The van der Waals surface area contributed by atoms with Crippen molar-refractivity contribution >= 4 is 38.4 Å². The Kier molecular flexibility index (Phi) is 7.39. The van der Waals surface area contributed by atoms with Gasteiger partial charge in [0, 0.05) is 51.2 Å². The first kappa shape index (κ1) is 27.6. The van der Waals surface area contributed by atoms with E-state index in [2.05, 4.69) is 34.1 Å². The van der Waals surface area contributed by atoms with Crippen molar-refractivity contribution in [3.05, 3.63) is 77.3 Å². The quantitative estimate of drug-likeness (QED) is 0.404. The van der Waals surface area contributed by atoms with E-state index in [-0.39, 0.29) is 18.0 Å². The molecule has 3 aromatic rings. The van der Waals surface area contributed by atoms with Gasteiger partial charge in [0.05, 0.1) is 17.0 Å². The lowest BCUT2D eigenvalue weighted by Gasteiger charge is -2.45. The van der Waals surface area contributed by atoms with Crippen molar-refractivity contribution in [2.45, 2.75) is 42.5 Å². The molecule has 10 heteroatoms. The van der Waals surface area contributed by atoms with Gasteiger partial charge in [-0.25, -0.2) is 8.42 Å². The summed E-state index contributed by atoms with van der Waals surface area (Å²) in [5.74, 6) is -0.412. The number of halogens is 1. The Labute approximate surface area is 240 Å². The summed E-state index contributed by atoms with van der Waals surface area (Å²) in [6.45, 7) is 5.64. The van der Waals surface area contributed by atoms with Gasteiger partial charge in [-0.1, -0.05) is 54.1 Å². The van der Waals surface area contributed by atoms with Crippen LogP contribution in [0.25, 0.3) is 10.8 Å². The summed E-state index contributed by atoms with van der Waals surface area (Å²) in [5, 5.41) is 2.28. The van der Waals surface area contributed by atoms with Crippen molar-refractivity contribution in [2.24, 2.45) is 0 Å². The number of ether oxygens (including phenoxy) is 2. The highest BCUT2D eigenvalue weighted by molar-refractivity contribution is 7.89. The third-order valence-corrected chi connectivity index (χ3v) is 10.5. The fraction of sp³-hybridized carbons (Fsp3) is 0.433. The summed E-state index contributed by atoms with van der Waals surface area (Å²) in [7, 11) is -3.82. The molecular formula is C30H34ClN3O5S. The molecule has 212 valence electrons. The first-order chi connectivity index (χ1) is 19.2. The largest absolute Gasteiger partial charge is 0.461 e. The zero-order valence-electron chi connectivity index (χ0n) is 22.6. The van der Waals surface area contributed by atoms with E-state index in [1.165, 1.54) is 16.8 Å². The average Bonchev–Trinajstić information content (AvgIpc) is 3.27. The summed E-state index contributed by atoms with van der Waals surface area (Å²) in [6.07, 6.45) is 1.66. The second-order valence-corrected chi connectivity index (χ2v) is 13.6. The maximum absolute atomic E-state index is 13.9. The number of hydrogen-bond donors (Lipinski definition) is 0. The van der Waals surface area contributed by atoms with Gasteiger partial charge in [0.15, 0.2) is 5.72 Å². The number of nitrogens with zero attached hydrogens (tertiary/aromatic N) is 3. The van der Waals surface area contributed by atoms with Crippen LogP contribution >= 0.6 is 11.6 Å². The van der Waals surface area contributed by atoms with Crippen LogP contribution in [0.2, 0.25) is 5.02 Å². The molecule has 3 heterocycles. The Hall–Kier alpha value is -2.53. The standard InChI is InChI=1S/C30H34ClN3O5S/c1-23(35)38-22-30-21-34(40(36,37)28-10-8-25-17-27(31)9-7-26(25)18-28)16-15-33(30)20-29(39-30)11-13-32(14-12-29)19-24-5-3-2-4-6-24/h2-10,17-18H,11-16,19-22H2,1H3. The number of benzene rings is 3. The lowest BCUT2D eigenvalue weighted by molar-refractivity contribution is -0.199. The second-order valence-electron chi connectivity index (χ2n) is 11.2. The molecule has 1 spiro atoms. The van der Waals surface area contributed by atoms with Gasteiger partial charge in [0.2, 0.25) is 10.0 Å². The molecule has 3 aromatic carbocycles. The Morgan fingerprint density at radius 1 is 0.950 bits per heavy atom. The van der Waals surface area contributed by atoms with E-state index < -0.39 is 27.3 Å². The summed E-state index contributed by atoms with van der Waals surface area (Å²) in [6, 6.07) is 20.9. The molecule has 0 radical (unpaired) electrons. The first-order valence-corrected chi connectivity index (χ1v) is 15.5. The van der Waals surface area contributed by atoms with E-state index in [9.17, 15) is 13.2 Å². The molecule has 8 nitrogen and oxygen atoms in total. The highest BCUT2D eigenvalue weighted by atomic mass is 35.5. The van der Waals surface area contributed by atoms with Crippen molar-refractivity contribution in [3.8, 4) is 0 Å². The van der Waals surface area contributed by atoms with Crippen molar-refractivity contribution in [3.63, 3.8) is 0 Å². The monoisotopic (exact) mass is 583 g/mol. The van der Waals surface area contributed by atoms with Gasteiger partial charge in [0.25, 0.3) is 0 Å². The second kappa shape index (κ2) is 10.7. The molecule has 40 heavy (non-hydrogen) atoms. The van der Waals surface area contributed by atoms with Gasteiger partial charge in [-0.3, -0.25) is 14.6 Å². The van der Waals surface area contributed by atoms with E-state index >= 15 is 0 Å². The first-order valence-electron chi connectivity index (χ1n) is 13.7. The molecule has 1 unspecified atom stereocenters. The van der Waals surface area contributed by atoms with Crippen LogP contribution < -0.4 is 0 Å². The lowest BCUT2D eigenvalue weighted by Crippen LogP contribution is -2.63. The van der Waals surface area contributed by atoms with Gasteiger partial charge >= 0.3 is 5.97 Å². The molecule has 0 aliphatic carbocycles. The Balaban J connectivity index is 1.22. The minimum absolute atomic E-state index is 0.0138. The fourth-order valence-corrected chi connectivity index (χ4v) is 7.99. The number of likely N-dealkylation sites (tertiary alicyclic amines) is 1. The number of piperazine rings is 1. The molecule has 3 saturated heterocycles. The number of hydrogen-bond acceptors (Lipinski definition) is 7. The summed E-state index contributed by atoms with van der Waals surface area (Å²) in [4.78, 5) is 16.7. The number of sulfonamides is 1. The molecule has 6 rings (SSSR count). The number of fused-ring (bicyclic) bond motifs is 2. The zero-order chi connectivity index (χ0) is 28.0. The van der Waals surface area contributed by atoms with Crippen LogP contribution in [0.4, 0.5) is 0 Å². The highest BCUT2D eigenvalue weighted by Crippen LogP contribution is 2.44. The molecular weight excluding hydrogens is 550 g/mol. The van der Waals surface area contributed by atoms with Gasteiger partial charge in [0.1, 0.15) is 6.61 Å². The van der Waals surface area contributed by atoms with E-state index in [1.807, 2.05) is 18.2 Å². The van der Waals surface area contributed by atoms with Gasteiger partial charge in [-0.15, -0.1) is 0 Å². The Morgan fingerprint density at radius 2 is 1.68 bits per heavy atom. The van der Waals surface area contributed by atoms with Crippen LogP contribution in [-0.2, 0) is 30.8 Å². The predicted octanol–water partition coefficient (Wildman–Crippen LogP) is 4.12. The van der Waals surface area contributed by atoms with Crippen LogP contribution in [0.15, 0.2) is 71.6 Å². The highest BCUT2D eigenvalue weighted by Gasteiger charge is 2.59. The van der Waals surface area contributed by atoms with Crippen LogP contribution in [0, 0.1) is 0 Å². The van der Waals surface area contributed by atoms with E-state index in [0.717, 1.165) is 43.2 Å². The number of esters is 1. The number of carbonyl (C=O) groups excluding carboxylic acids is 1. The van der Waals surface area contributed by atoms with Gasteiger partial charge < -0.3 is 9.47 Å². The van der Waals surface area contributed by atoms with E-state index in [0.29, 0.717) is 24.7 Å². The molecule has 0 saturated carbocycles. The molecule has 3 aliphatic rings. The summed E-state index contributed by atoms with van der Waals surface area (Å²) in [5.41, 5.74) is -0.148. The number of rotatable bonds is 6. The summed E-state index contributed by atoms with van der Waals surface area (Å²) >= 11 is 6.11. The van der Waals surface area contributed by atoms with Crippen molar-refractivity contribution in [2.75, 3.05) is 45.9 Å². The third kappa shape index (κ3) is 5.38. The van der Waals surface area contributed by atoms with Crippen molar-refractivity contribution < 1.29 is 22.7 Å². The van der Waals surface area contributed by atoms with Crippen LogP contribution in [0.3, 0.4) is 0 Å². The van der Waals surface area contributed by atoms with Crippen molar-refractivity contribution in [1.82, 2.24) is 14.1 Å². The normalized spacial score (nSPS) is 23.9. The average molecular weight is 584 g/mol. The molecule has 3 aliphatic heterocycles. The molecule has 0 N–H and O–H groups in total. The minimum Gasteiger partial charge on any atom is -0.461 e. The van der Waals surface area contributed by atoms with Crippen LogP contribution in [0.1, 0.15) is 25.3 Å². The SMILES string of the molecule is CC(=O)OCC12CN(S(=O)(=O)c3ccc4cc(Cl)ccc4c3)CCN1CC1(CCN(Cc3ccccc3)CC1)O2. The zero-order valence-corrected chi connectivity index (χ0v) is 24.2. The molecule has 1 atom stereocenters. The molecule has 3 fully saturated rings. The maximum Gasteiger partial charge on any atom is 0.302 e. The van der Waals surface area contributed by atoms with Crippen LogP contribution in [-0.4, -0.2) is 85.7 Å². The lowest BCUT2D eigenvalue weighted by atomic mass is 9.91. The van der Waals surface area contributed by atoms with Gasteiger partial charge in [-0.2, -0.15) is 4.31 Å². The smallest absolute Gasteiger partial charge is 0.302 e. The van der Waals surface area contributed by atoms with Crippen molar-refractivity contribution in [1.29, 1.82) is 0 Å². The Bertz CT molecular complexity index is 1510. The van der Waals surface area contributed by atoms with Crippen LogP contribution in [0.5, 0.6) is 0 Å². The third-order valence-electron chi connectivity index (χ3n) is 8.43.